The van der Waals surface area contributed by atoms with Crippen LogP contribution in [0.15, 0.2) is 22.9 Å². The van der Waals surface area contributed by atoms with Crippen molar-refractivity contribution in [3.8, 4) is 0 Å². The molecule has 17 heavy (non-hydrogen) atoms. The van der Waals surface area contributed by atoms with E-state index in [9.17, 15) is 0 Å². The van der Waals surface area contributed by atoms with Crippen LogP contribution in [0.4, 0.5) is 0 Å². The monoisotopic (exact) mass is 296 g/mol. The number of halogens is 1. The Kier molecular flexibility index (Phi) is 4.99. The Bertz CT molecular complexity index is 348. The molecule has 1 aliphatic rings. The molecule has 2 nitrogen and oxygen atoms in total. The zero-order valence-corrected chi connectivity index (χ0v) is 11.8. The van der Waals surface area contributed by atoms with Crippen LogP contribution in [-0.4, -0.2) is 11.0 Å². The van der Waals surface area contributed by atoms with Crippen LogP contribution in [0.1, 0.15) is 44.1 Å². The highest BCUT2D eigenvalue weighted by Gasteiger charge is 2.16. The van der Waals surface area contributed by atoms with Crippen molar-refractivity contribution in [1.82, 2.24) is 4.98 Å². The molecule has 0 aliphatic heterocycles. The van der Waals surface area contributed by atoms with E-state index in [4.69, 9.17) is 5.73 Å². The standard InChI is InChI=1S/C14H21BrN2/c15-13-6-12(9-17-10-13)8-14(16)7-11-4-2-1-3-5-11/h6,9-11,14H,1-5,7-8,16H2. The molecular formula is C14H21BrN2. The van der Waals surface area contributed by atoms with Gasteiger partial charge in [-0.3, -0.25) is 4.98 Å². The second-order valence-electron chi connectivity index (χ2n) is 5.22. The van der Waals surface area contributed by atoms with E-state index in [1.807, 2.05) is 12.4 Å². The maximum atomic E-state index is 6.24. The second kappa shape index (κ2) is 6.50. The molecule has 0 amide bonds. The van der Waals surface area contributed by atoms with Gasteiger partial charge in [0.2, 0.25) is 0 Å². The highest BCUT2D eigenvalue weighted by Crippen LogP contribution is 2.27. The third kappa shape index (κ3) is 4.40. The molecule has 0 radical (unpaired) electrons. The predicted molar refractivity (Wildman–Crippen MR) is 74.8 cm³/mol. The zero-order chi connectivity index (χ0) is 12.1. The Labute approximate surface area is 112 Å². The molecule has 0 saturated heterocycles. The molecular weight excluding hydrogens is 276 g/mol. The number of rotatable bonds is 4. The van der Waals surface area contributed by atoms with Crippen molar-refractivity contribution in [3.63, 3.8) is 0 Å². The Morgan fingerprint density at radius 2 is 2.06 bits per heavy atom. The lowest BCUT2D eigenvalue weighted by Crippen LogP contribution is -2.27. The first-order valence-electron chi connectivity index (χ1n) is 6.59. The van der Waals surface area contributed by atoms with Crippen LogP contribution in [0.5, 0.6) is 0 Å². The molecule has 3 heteroatoms. The predicted octanol–water partition coefficient (Wildman–Crippen LogP) is 3.68. The molecule has 94 valence electrons. The maximum absolute atomic E-state index is 6.24. The summed E-state index contributed by atoms with van der Waals surface area (Å²) in [5.41, 5.74) is 7.48. The van der Waals surface area contributed by atoms with Gasteiger partial charge in [-0.1, -0.05) is 32.1 Å². The molecule has 1 aliphatic carbocycles. The fraction of sp³-hybridized carbons (Fsp3) is 0.643. The Balaban J connectivity index is 1.82. The van der Waals surface area contributed by atoms with Crippen LogP contribution < -0.4 is 5.73 Å². The van der Waals surface area contributed by atoms with Gasteiger partial charge in [-0.2, -0.15) is 0 Å². The molecule has 2 rings (SSSR count). The number of nitrogens with two attached hydrogens (primary N) is 1. The molecule has 0 bridgehead atoms. The molecule has 0 spiro atoms. The number of hydrogen-bond donors (Lipinski definition) is 1. The third-order valence-electron chi connectivity index (χ3n) is 3.62. The zero-order valence-electron chi connectivity index (χ0n) is 10.2. The van der Waals surface area contributed by atoms with Crippen LogP contribution in [-0.2, 0) is 6.42 Å². The molecule has 1 atom stereocenters. The molecule has 1 aromatic rings. The van der Waals surface area contributed by atoms with E-state index in [1.54, 1.807) is 0 Å². The summed E-state index contributed by atoms with van der Waals surface area (Å²) in [4.78, 5) is 4.18. The number of aromatic nitrogens is 1. The minimum absolute atomic E-state index is 0.286. The van der Waals surface area contributed by atoms with Gasteiger partial charge in [0.05, 0.1) is 0 Å². The van der Waals surface area contributed by atoms with Gasteiger partial charge in [0.25, 0.3) is 0 Å². The number of nitrogens with zero attached hydrogens (tertiary/aromatic N) is 1. The lowest BCUT2D eigenvalue weighted by Gasteiger charge is -2.24. The van der Waals surface area contributed by atoms with E-state index in [-0.39, 0.29) is 6.04 Å². The smallest absolute Gasteiger partial charge is 0.0410 e. The Hall–Kier alpha value is -0.410. The second-order valence-corrected chi connectivity index (χ2v) is 6.13. The Morgan fingerprint density at radius 3 is 2.76 bits per heavy atom. The van der Waals surface area contributed by atoms with Gasteiger partial charge in [0.1, 0.15) is 0 Å². The minimum Gasteiger partial charge on any atom is -0.327 e. The SMILES string of the molecule is NC(Cc1cncc(Br)c1)CC1CCCCC1. The lowest BCUT2D eigenvalue weighted by atomic mass is 9.84. The molecule has 1 heterocycles. The van der Waals surface area contributed by atoms with Crippen molar-refractivity contribution in [2.45, 2.75) is 51.0 Å². The van der Waals surface area contributed by atoms with Crippen LogP contribution in [0.25, 0.3) is 0 Å². The quantitative estimate of drug-likeness (QED) is 0.920. The normalized spacial score (nSPS) is 19.2. The van der Waals surface area contributed by atoms with E-state index in [2.05, 4.69) is 27.0 Å². The summed E-state index contributed by atoms with van der Waals surface area (Å²) in [6.07, 6.45) is 12.8. The van der Waals surface area contributed by atoms with E-state index in [0.717, 1.165) is 16.8 Å². The van der Waals surface area contributed by atoms with Gasteiger partial charge in [-0.05, 0) is 46.3 Å². The first-order valence-corrected chi connectivity index (χ1v) is 7.38. The number of hydrogen-bond acceptors (Lipinski definition) is 2. The van der Waals surface area contributed by atoms with Crippen molar-refractivity contribution in [2.75, 3.05) is 0 Å². The van der Waals surface area contributed by atoms with Gasteiger partial charge in [0, 0.05) is 22.9 Å². The van der Waals surface area contributed by atoms with Gasteiger partial charge >= 0.3 is 0 Å². The molecule has 1 aromatic heterocycles. The van der Waals surface area contributed by atoms with E-state index >= 15 is 0 Å². The summed E-state index contributed by atoms with van der Waals surface area (Å²) in [5.74, 6) is 0.860. The van der Waals surface area contributed by atoms with E-state index in [1.165, 1.54) is 44.1 Å². The molecule has 1 unspecified atom stereocenters. The van der Waals surface area contributed by atoms with Gasteiger partial charge in [-0.15, -0.1) is 0 Å². The maximum Gasteiger partial charge on any atom is 0.0410 e. The summed E-state index contributed by atoms with van der Waals surface area (Å²) < 4.78 is 1.04. The average molecular weight is 297 g/mol. The van der Waals surface area contributed by atoms with Crippen LogP contribution in [0.3, 0.4) is 0 Å². The fourth-order valence-electron chi connectivity index (χ4n) is 2.80. The minimum atomic E-state index is 0.286. The largest absolute Gasteiger partial charge is 0.327 e. The summed E-state index contributed by atoms with van der Waals surface area (Å²) in [5, 5.41) is 0. The van der Waals surface area contributed by atoms with E-state index in [0.29, 0.717) is 0 Å². The Morgan fingerprint density at radius 1 is 1.29 bits per heavy atom. The summed E-state index contributed by atoms with van der Waals surface area (Å²) in [7, 11) is 0. The van der Waals surface area contributed by atoms with Crippen LogP contribution in [0.2, 0.25) is 0 Å². The topological polar surface area (TPSA) is 38.9 Å². The van der Waals surface area contributed by atoms with Crippen LogP contribution in [0, 0.1) is 5.92 Å². The summed E-state index contributed by atoms with van der Waals surface area (Å²) in [6, 6.07) is 2.41. The van der Waals surface area contributed by atoms with Crippen molar-refractivity contribution < 1.29 is 0 Å². The highest BCUT2D eigenvalue weighted by molar-refractivity contribution is 9.10. The number of pyridine rings is 1. The highest BCUT2D eigenvalue weighted by atomic mass is 79.9. The lowest BCUT2D eigenvalue weighted by molar-refractivity contribution is 0.316. The molecule has 0 aromatic carbocycles. The molecule has 2 N–H and O–H groups in total. The average Bonchev–Trinajstić information content (AvgIpc) is 2.30. The van der Waals surface area contributed by atoms with Gasteiger partial charge < -0.3 is 5.73 Å². The van der Waals surface area contributed by atoms with Gasteiger partial charge in [0.15, 0.2) is 0 Å². The van der Waals surface area contributed by atoms with Crippen molar-refractivity contribution in [2.24, 2.45) is 11.7 Å². The van der Waals surface area contributed by atoms with Crippen LogP contribution >= 0.6 is 15.9 Å². The summed E-state index contributed by atoms with van der Waals surface area (Å²) in [6.45, 7) is 0. The van der Waals surface area contributed by atoms with Gasteiger partial charge in [-0.25, -0.2) is 0 Å². The molecule has 1 fully saturated rings. The first kappa shape index (κ1) is 13.0. The fourth-order valence-corrected chi connectivity index (χ4v) is 3.22. The first-order chi connectivity index (χ1) is 8.24. The molecule has 1 saturated carbocycles. The van der Waals surface area contributed by atoms with E-state index < -0.39 is 0 Å². The summed E-state index contributed by atoms with van der Waals surface area (Å²) >= 11 is 3.45. The van der Waals surface area contributed by atoms with Crippen molar-refractivity contribution >= 4 is 15.9 Å². The third-order valence-corrected chi connectivity index (χ3v) is 4.05. The van der Waals surface area contributed by atoms with Crippen molar-refractivity contribution in [1.29, 1.82) is 0 Å². The van der Waals surface area contributed by atoms with Crippen molar-refractivity contribution in [3.05, 3.63) is 28.5 Å².